The summed E-state index contributed by atoms with van der Waals surface area (Å²) in [5, 5.41) is 10.8. The van der Waals surface area contributed by atoms with Crippen molar-refractivity contribution in [2.24, 2.45) is 0 Å². The molecule has 0 bridgehead atoms. The zero-order chi connectivity index (χ0) is 14.4. The van der Waals surface area contributed by atoms with E-state index in [2.05, 4.69) is 6.92 Å². The zero-order valence-corrected chi connectivity index (χ0v) is 11.8. The average Bonchev–Trinajstić information content (AvgIpc) is 2.38. The highest BCUT2D eigenvalue weighted by molar-refractivity contribution is 6.32. The minimum Gasteiger partial charge on any atom is -0.342 e. The molecule has 6 heteroatoms. The first kappa shape index (κ1) is 15.4. The lowest BCUT2D eigenvalue weighted by molar-refractivity contribution is -0.384. The molecule has 104 valence electrons. The fraction of sp³-hybridized carbons (Fsp3) is 0.462. The number of carbonyl (C=O) groups is 1. The second-order valence-corrected chi connectivity index (χ2v) is 4.76. The van der Waals surface area contributed by atoms with Gasteiger partial charge in [0.05, 0.1) is 4.92 Å². The third-order valence-electron chi connectivity index (χ3n) is 2.83. The average molecular weight is 285 g/mol. The van der Waals surface area contributed by atoms with E-state index in [4.69, 9.17) is 11.6 Å². The van der Waals surface area contributed by atoms with Crippen molar-refractivity contribution in [3.05, 3.63) is 38.9 Å². The standard InChI is InChI=1S/C13H17ClN2O3/c1-3-4-5-8-15(2)13(17)10-6-7-11(14)12(9-10)16(18)19/h6-7,9H,3-5,8H2,1-2H3. The molecule has 0 fully saturated rings. The molecule has 0 saturated heterocycles. The first-order chi connectivity index (χ1) is 8.97. The van der Waals surface area contributed by atoms with Crippen LogP contribution < -0.4 is 0 Å². The van der Waals surface area contributed by atoms with Crippen LogP contribution in [0.1, 0.15) is 36.5 Å². The van der Waals surface area contributed by atoms with Gasteiger partial charge in [-0.1, -0.05) is 31.4 Å². The molecule has 0 atom stereocenters. The topological polar surface area (TPSA) is 63.5 Å². The molecule has 5 nitrogen and oxygen atoms in total. The molecule has 0 aliphatic carbocycles. The largest absolute Gasteiger partial charge is 0.342 e. The SMILES string of the molecule is CCCCCN(C)C(=O)c1ccc(Cl)c([N+](=O)[O-])c1. The fourth-order valence-electron chi connectivity index (χ4n) is 1.71. The summed E-state index contributed by atoms with van der Waals surface area (Å²) in [4.78, 5) is 23.8. The van der Waals surface area contributed by atoms with Crippen molar-refractivity contribution in [2.75, 3.05) is 13.6 Å². The minimum atomic E-state index is -0.587. The molecule has 0 heterocycles. The van der Waals surface area contributed by atoms with Crippen molar-refractivity contribution < 1.29 is 9.72 Å². The van der Waals surface area contributed by atoms with Crippen LogP contribution in [0, 0.1) is 10.1 Å². The van der Waals surface area contributed by atoms with E-state index >= 15 is 0 Å². The Morgan fingerprint density at radius 2 is 2.11 bits per heavy atom. The number of nitro benzene ring substituents is 1. The quantitative estimate of drug-likeness (QED) is 0.456. The Morgan fingerprint density at radius 3 is 2.68 bits per heavy atom. The molecule has 0 saturated carbocycles. The molecular formula is C13H17ClN2O3. The lowest BCUT2D eigenvalue weighted by atomic mass is 10.1. The first-order valence-corrected chi connectivity index (χ1v) is 6.54. The maximum absolute atomic E-state index is 12.1. The molecular weight excluding hydrogens is 268 g/mol. The predicted octanol–water partition coefficient (Wildman–Crippen LogP) is 3.51. The van der Waals surface area contributed by atoms with Gasteiger partial charge in [-0.2, -0.15) is 0 Å². The summed E-state index contributed by atoms with van der Waals surface area (Å²) in [6.07, 6.45) is 3.06. The van der Waals surface area contributed by atoms with Crippen LogP contribution in [0.4, 0.5) is 5.69 Å². The molecule has 19 heavy (non-hydrogen) atoms. The summed E-state index contributed by atoms with van der Waals surface area (Å²) in [6, 6.07) is 4.11. The van der Waals surface area contributed by atoms with Crippen LogP contribution in [0.3, 0.4) is 0 Å². The summed E-state index contributed by atoms with van der Waals surface area (Å²) in [6.45, 7) is 2.73. The highest BCUT2D eigenvalue weighted by Gasteiger charge is 2.18. The molecule has 0 spiro atoms. The highest BCUT2D eigenvalue weighted by atomic mass is 35.5. The molecule has 1 aromatic carbocycles. The Bertz CT molecular complexity index is 477. The smallest absolute Gasteiger partial charge is 0.288 e. The number of unbranched alkanes of at least 4 members (excludes halogenated alkanes) is 2. The van der Waals surface area contributed by atoms with E-state index in [9.17, 15) is 14.9 Å². The molecule has 0 aliphatic rings. The van der Waals surface area contributed by atoms with Gasteiger partial charge < -0.3 is 4.90 Å². The molecule has 1 rings (SSSR count). The van der Waals surface area contributed by atoms with Crippen molar-refractivity contribution in [3.8, 4) is 0 Å². The molecule has 0 radical (unpaired) electrons. The lowest BCUT2D eigenvalue weighted by Gasteiger charge is -2.16. The molecule has 1 aromatic rings. The molecule has 1 amide bonds. The number of carbonyl (C=O) groups excluding carboxylic acids is 1. The third-order valence-corrected chi connectivity index (χ3v) is 3.15. The molecule has 0 unspecified atom stereocenters. The number of nitro groups is 1. The minimum absolute atomic E-state index is 0.0372. The number of hydrogen-bond donors (Lipinski definition) is 0. The molecule has 0 aromatic heterocycles. The van der Waals surface area contributed by atoms with Gasteiger partial charge in [-0.15, -0.1) is 0 Å². The maximum Gasteiger partial charge on any atom is 0.288 e. The number of nitrogens with zero attached hydrogens (tertiary/aromatic N) is 2. The van der Waals surface area contributed by atoms with Gasteiger partial charge in [0, 0.05) is 25.2 Å². The lowest BCUT2D eigenvalue weighted by Crippen LogP contribution is -2.27. The van der Waals surface area contributed by atoms with Crippen LogP contribution in [0.15, 0.2) is 18.2 Å². The Hall–Kier alpha value is -1.62. The van der Waals surface area contributed by atoms with Crippen LogP contribution in [0.2, 0.25) is 5.02 Å². The Labute approximate surface area is 117 Å². The normalized spacial score (nSPS) is 10.3. The molecule has 0 aliphatic heterocycles. The second kappa shape index (κ2) is 7.09. The van der Waals surface area contributed by atoms with Gasteiger partial charge in [0.25, 0.3) is 11.6 Å². The Kier molecular flexibility index (Phi) is 5.76. The Morgan fingerprint density at radius 1 is 1.42 bits per heavy atom. The fourth-order valence-corrected chi connectivity index (χ4v) is 1.89. The van der Waals surface area contributed by atoms with E-state index in [1.165, 1.54) is 18.2 Å². The van der Waals surface area contributed by atoms with Crippen LogP contribution in [-0.2, 0) is 0 Å². The van der Waals surface area contributed by atoms with Gasteiger partial charge in [-0.05, 0) is 18.6 Å². The van der Waals surface area contributed by atoms with E-state index in [-0.39, 0.29) is 22.2 Å². The van der Waals surface area contributed by atoms with E-state index in [1.807, 2.05) is 0 Å². The Balaban J connectivity index is 2.82. The van der Waals surface area contributed by atoms with Gasteiger partial charge in [-0.25, -0.2) is 0 Å². The third kappa shape index (κ3) is 4.21. The van der Waals surface area contributed by atoms with Crippen LogP contribution in [0.5, 0.6) is 0 Å². The number of hydrogen-bond acceptors (Lipinski definition) is 3. The summed E-state index contributed by atoms with van der Waals surface area (Å²) < 4.78 is 0. The molecule has 0 N–H and O–H groups in total. The zero-order valence-electron chi connectivity index (χ0n) is 11.1. The van der Waals surface area contributed by atoms with Crippen molar-refractivity contribution in [3.63, 3.8) is 0 Å². The van der Waals surface area contributed by atoms with Gasteiger partial charge in [-0.3, -0.25) is 14.9 Å². The summed E-state index contributed by atoms with van der Waals surface area (Å²) >= 11 is 5.71. The van der Waals surface area contributed by atoms with Crippen LogP contribution in [-0.4, -0.2) is 29.3 Å². The van der Waals surface area contributed by atoms with Gasteiger partial charge >= 0.3 is 0 Å². The maximum atomic E-state index is 12.1. The second-order valence-electron chi connectivity index (χ2n) is 4.36. The van der Waals surface area contributed by atoms with Gasteiger partial charge in [0.2, 0.25) is 0 Å². The van der Waals surface area contributed by atoms with Gasteiger partial charge in [0.1, 0.15) is 5.02 Å². The monoisotopic (exact) mass is 284 g/mol. The van der Waals surface area contributed by atoms with E-state index in [0.717, 1.165) is 19.3 Å². The highest BCUT2D eigenvalue weighted by Crippen LogP contribution is 2.25. The van der Waals surface area contributed by atoms with E-state index in [1.54, 1.807) is 11.9 Å². The number of rotatable bonds is 6. The predicted molar refractivity (Wildman–Crippen MR) is 74.6 cm³/mol. The summed E-state index contributed by atoms with van der Waals surface area (Å²) in [5.74, 6) is -0.226. The van der Waals surface area contributed by atoms with Crippen molar-refractivity contribution in [2.45, 2.75) is 26.2 Å². The van der Waals surface area contributed by atoms with Crippen LogP contribution in [0.25, 0.3) is 0 Å². The van der Waals surface area contributed by atoms with E-state index < -0.39 is 4.92 Å². The van der Waals surface area contributed by atoms with Crippen molar-refractivity contribution in [1.29, 1.82) is 0 Å². The number of amides is 1. The van der Waals surface area contributed by atoms with Crippen molar-refractivity contribution in [1.82, 2.24) is 4.90 Å². The summed E-state index contributed by atoms with van der Waals surface area (Å²) in [5.41, 5.74) is 0.0459. The first-order valence-electron chi connectivity index (χ1n) is 6.16. The number of benzene rings is 1. The van der Waals surface area contributed by atoms with Crippen LogP contribution >= 0.6 is 11.6 Å². The summed E-state index contributed by atoms with van der Waals surface area (Å²) in [7, 11) is 1.69. The number of halogens is 1. The van der Waals surface area contributed by atoms with Crippen molar-refractivity contribution >= 4 is 23.2 Å². The van der Waals surface area contributed by atoms with Gasteiger partial charge in [0.15, 0.2) is 0 Å². The van der Waals surface area contributed by atoms with E-state index in [0.29, 0.717) is 6.54 Å².